The molecule has 0 heterocycles. The maximum Gasteiger partial charge on any atom is 0.299 e. The van der Waals surface area contributed by atoms with Crippen molar-refractivity contribution in [3.05, 3.63) is 38.4 Å². The minimum atomic E-state index is -0.826. The number of amides is 2. The zero-order chi connectivity index (χ0) is 28.2. The number of carbonyl (C=O) groups excluding carboxylic acids is 2. The van der Waals surface area contributed by atoms with Crippen LogP contribution < -0.4 is 10.7 Å². The Balaban J connectivity index is 3.29. The molecule has 0 aromatic heterocycles. The van der Waals surface area contributed by atoms with Gasteiger partial charge in [0.1, 0.15) is 5.69 Å². The Morgan fingerprint density at radius 3 is 2.14 bits per heavy atom. The largest absolute Gasteiger partial charge is 0.323 e. The molecule has 0 fully saturated rings. The van der Waals surface area contributed by atoms with Gasteiger partial charge in [-0.2, -0.15) is 5.10 Å². The van der Waals surface area contributed by atoms with E-state index in [1.807, 2.05) is 21.1 Å². The number of nitro benzene ring substituents is 2. The second kappa shape index (κ2) is 15.0. The van der Waals surface area contributed by atoms with Gasteiger partial charge in [-0.1, -0.05) is 26.7 Å². The van der Waals surface area contributed by atoms with Crippen LogP contribution in [0.15, 0.2) is 23.3 Å². The standard InChI is InChI=1S/C24H39N7O6/c1-7-9-13-28(14-10-8-2)16-20(18(3)26-27-23(32)17-31(4,5)6)24(33)25-21-12-11-19(29(34)35)15-22(21)30(36)37/h11-12,15,20H,7-10,13-14,16-17H2,1-6H3,(H-,25,27,32,33)/p+1/b26-18+. The van der Waals surface area contributed by atoms with Crippen LogP contribution in [-0.4, -0.2) is 84.1 Å². The number of likely N-dealkylation sites (N-methyl/N-ethyl adjacent to an activating group) is 1. The minimum absolute atomic E-state index is 0.152. The van der Waals surface area contributed by atoms with Crippen LogP contribution in [0.5, 0.6) is 0 Å². The molecular weight excluding hydrogens is 482 g/mol. The van der Waals surface area contributed by atoms with Gasteiger partial charge in [0.25, 0.3) is 17.3 Å². The quantitative estimate of drug-likeness (QED) is 0.146. The minimum Gasteiger partial charge on any atom is -0.323 e. The summed E-state index contributed by atoms with van der Waals surface area (Å²) >= 11 is 0. The summed E-state index contributed by atoms with van der Waals surface area (Å²) in [6.07, 6.45) is 3.82. The predicted octanol–water partition coefficient (Wildman–Crippen LogP) is 3.16. The molecule has 2 amide bonds. The van der Waals surface area contributed by atoms with Crippen LogP contribution in [0.4, 0.5) is 17.1 Å². The third kappa shape index (κ3) is 11.4. The number of carbonyl (C=O) groups is 2. The van der Waals surface area contributed by atoms with Gasteiger partial charge in [-0.3, -0.25) is 29.8 Å². The molecule has 1 aromatic rings. The molecule has 0 aliphatic heterocycles. The van der Waals surface area contributed by atoms with Crippen molar-refractivity contribution in [3.8, 4) is 0 Å². The van der Waals surface area contributed by atoms with Crippen LogP contribution in [0.2, 0.25) is 0 Å². The average molecular weight is 523 g/mol. The molecule has 0 bridgehead atoms. The molecule has 13 nitrogen and oxygen atoms in total. The highest BCUT2D eigenvalue weighted by atomic mass is 16.6. The number of nitro groups is 2. The number of nitrogens with zero attached hydrogens (tertiary/aromatic N) is 5. The van der Waals surface area contributed by atoms with Gasteiger partial charge in [-0.25, -0.2) is 5.43 Å². The molecule has 13 heteroatoms. The smallest absolute Gasteiger partial charge is 0.299 e. The van der Waals surface area contributed by atoms with E-state index in [0.717, 1.165) is 57.0 Å². The first kappa shape index (κ1) is 31.6. The highest BCUT2D eigenvalue weighted by Crippen LogP contribution is 2.29. The van der Waals surface area contributed by atoms with Gasteiger partial charge < -0.3 is 14.7 Å². The summed E-state index contributed by atoms with van der Waals surface area (Å²) in [7, 11) is 5.59. The summed E-state index contributed by atoms with van der Waals surface area (Å²) in [5.74, 6) is -1.70. The number of nitrogens with one attached hydrogen (secondary N) is 2. The first-order valence-electron chi connectivity index (χ1n) is 12.4. The van der Waals surface area contributed by atoms with Crippen molar-refractivity contribution in [3.63, 3.8) is 0 Å². The fourth-order valence-corrected chi connectivity index (χ4v) is 3.53. The lowest BCUT2D eigenvalue weighted by molar-refractivity contribution is -0.862. The number of anilines is 1. The van der Waals surface area contributed by atoms with Gasteiger partial charge in [-0.15, -0.1) is 0 Å². The Labute approximate surface area is 217 Å². The van der Waals surface area contributed by atoms with Gasteiger partial charge in [0.15, 0.2) is 6.54 Å². The molecule has 1 atom stereocenters. The van der Waals surface area contributed by atoms with E-state index in [-0.39, 0.29) is 18.1 Å². The molecule has 0 aliphatic rings. The van der Waals surface area contributed by atoms with Crippen molar-refractivity contribution in [1.82, 2.24) is 10.3 Å². The van der Waals surface area contributed by atoms with Gasteiger partial charge >= 0.3 is 0 Å². The molecule has 0 spiro atoms. The normalized spacial score (nSPS) is 12.8. The maximum absolute atomic E-state index is 13.4. The number of hydrazone groups is 1. The lowest BCUT2D eigenvalue weighted by Gasteiger charge is -2.27. The predicted molar refractivity (Wildman–Crippen MR) is 142 cm³/mol. The van der Waals surface area contributed by atoms with Crippen LogP contribution in [-0.2, 0) is 9.59 Å². The highest BCUT2D eigenvalue weighted by molar-refractivity contribution is 6.09. The zero-order valence-corrected chi connectivity index (χ0v) is 22.7. The van der Waals surface area contributed by atoms with Crippen LogP contribution in [0.25, 0.3) is 0 Å². The SMILES string of the molecule is CCCCN(CCCC)CC(C(=O)Nc1ccc([N+](=O)[O-])cc1[N+](=O)[O-])/C(C)=N/NC(=O)C[N+](C)(C)C. The van der Waals surface area contributed by atoms with E-state index < -0.39 is 33.0 Å². The van der Waals surface area contributed by atoms with E-state index in [1.54, 1.807) is 6.92 Å². The second-order valence-electron chi connectivity index (χ2n) is 10.0. The van der Waals surface area contributed by atoms with E-state index in [0.29, 0.717) is 16.7 Å². The molecule has 1 aromatic carbocycles. The van der Waals surface area contributed by atoms with Crippen LogP contribution in [0.1, 0.15) is 46.5 Å². The number of benzene rings is 1. The maximum atomic E-state index is 13.4. The van der Waals surface area contributed by atoms with Crippen molar-refractivity contribution < 1.29 is 23.9 Å². The molecule has 1 rings (SSSR count). The number of quaternary nitrogens is 1. The number of rotatable bonds is 16. The number of hydrogen-bond acceptors (Lipinski definition) is 8. The van der Waals surface area contributed by atoms with Gasteiger partial charge in [0.05, 0.1) is 43.0 Å². The van der Waals surface area contributed by atoms with Crippen molar-refractivity contribution in [1.29, 1.82) is 0 Å². The molecule has 0 aliphatic carbocycles. The summed E-state index contributed by atoms with van der Waals surface area (Å²) in [5.41, 5.74) is 1.65. The second-order valence-corrected chi connectivity index (χ2v) is 10.0. The first-order valence-corrected chi connectivity index (χ1v) is 12.4. The van der Waals surface area contributed by atoms with Gasteiger partial charge in [0.2, 0.25) is 5.91 Å². The Morgan fingerprint density at radius 2 is 1.65 bits per heavy atom. The topological polar surface area (TPSA) is 160 Å². The van der Waals surface area contributed by atoms with Crippen molar-refractivity contribution >= 4 is 34.6 Å². The molecule has 37 heavy (non-hydrogen) atoms. The molecular formula is C24H40N7O6+. The molecule has 206 valence electrons. The number of hydrogen-bond donors (Lipinski definition) is 2. The van der Waals surface area contributed by atoms with Crippen molar-refractivity contribution in [2.24, 2.45) is 11.0 Å². The van der Waals surface area contributed by atoms with Gasteiger partial charge in [0, 0.05) is 18.3 Å². The molecule has 0 radical (unpaired) electrons. The number of unbranched alkanes of at least 4 members (excludes halogenated alkanes) is 2. The van der Waals surface area contributed by atoms with Gasteiger partial charge in [-0.05, 0) is 38.9 Å². The van der Waals surface area contributed by atoms with Crippen LogP contribution in [0.3, 0.4) is 0 Å². The van der Waals surface area contributed by atoms with E-state index >= 15 is 0 Å². The first-order chi connectivity index (χ1) is 17.3. The Kier molecular flexibility index (Phi) is 12.8. The average Bonchev–Trinajstić information content (AvgIpc) is 2.80. The number of non-ortho nitro benzene ring substituents is 1. The third-order valence-electron chi connectivity index (χ3n) is 5.54. The van der Waals surface area contributed by atoms with Crippen molar-refractivity contribution in [2.45, 2.75) is 46.5 Å². The lowest BCUT2D eigenvalue weighted by atomic mass is 10.0. The Morgan fingerprint density at radius 1 is 1.05 bits per heavy atom. The van der Waals surface area contributed by atoms with E-state index in [4.69, 9.17) is 0 Å². The fraction of sp³-hybridized carbons (Fsp3) is 0.625. The van der Waals surface area contributed by atoms with Crippen LogP contribution >= 0.6 is 0 Å². The summed E-state index contributed by atoms with van der Waals surface area (Å²) in [4.78, 5) is 48.9. The molecule has 2 N–H and O–H groups in total. The van der Waals surface area contributed by atoms with E-state index in [2.05, 4.69) is 34.6 Å². The fourth-order valence-electron chi connectivity index (χ4n) is 3.53. The third-order valence-corrected chi connectivity index (χ3v) is 5.54. The lowest BCUT2D eigenvalue weighted by Crippen LogP contribution is -2.44. The summed E-state index contributed by atoms with van der Waals surface area (Å²) in [6.45, 7) is 7.78. The zero-order valence-electron chi connectivity index (χ0n) is 22.7. The Bertz CT molecular complexity index is 982. The summed E-state index contributed by atoms with van der Waals surface area (Å²) < 4.78 is 0.399. The van der Waals surface area contributed by atoms with Crippen LogP contribution in [0, 0.1) is 26.1 Å². The van der Waals surface area contributed by atoms with E-state index in [1.165, 1.54) is 0 Å². The van der Waals surface area contributed by atoms with E-state index in [9.17, 15) is 29.8 Å². The summed E-state index contributed by atoms with van der Waals surface area (Å²) in [5, 5.41) is 29.3. The molecule has 0 saturated carbocycles. The van der Waals surface area contributed by atoms with Crippen molar-refractivity contribution in [2.75, 3.05) is 52.6 Å². The highest BCUT2D eigenvalue weighted by Gasteiger charge is 2.28. The summed E-state index contributed by atoms with van der Waals surface area (Å²) in [6, 6.07) is 3.05. The monoisotopic (exact) mass is 522 g/mol. The Hall–Kier alpha value is -3.45. The molecule has 0 saturated heterocycles. The molecule has 1 unspecified atom stereocenters.